The van der Waals surface area contributed by atoms with Gasteiger partial charge in [-0.1, -0.05) is 41.4 Å². The van der Waals surface area contributed by atoms with E-state index in [1.165, 1.54) is 12.3 Å². The molecule has 1 heterocycles. The topological polar surface area (TPSA) is 87.7 Å². The van der Waals surface area contributed by atoms with Crippen LogP contribution < -0.4 is 11.1 Å². The normalized spacial score (nSPS) is 21.6. The van der Waals surface area contributed by atoms with E-state index >= 15 is 0 Å². The fraction of sp³-hybridized carbons (Fsp3) is 0.0909. The second-order valence-electron chi connectivity index (χ2n) is 3.61. The van der Waals surface area contributed by atoms with Crippen LogP contribution in [0.25, 0.3) is 0 Å². The predicted octanol–water partition coefficient (Wildman–Crippen LogP) is 2.20. The number of nitrogens with one attached hydrogen (secondary N) is 1. The van der Waals surface area contributed by atoms with Crippen LogP contribution in [0.1, 0.15) is 15.9 Å². The van der Waals surface area contributed by atoms with Crippen molar-refractivity contribution in [1.82, 2.24) is 5.32 Å². The zero-order chi connectivity index (χ0) is 13.3. The first-order valence-corrected chi connectivity index (χ1v) is 5.70. The van der Waals surface area contributed by atoms with Crippen molar-refractivity contribution in [2.45, 2.75) is 5.12 Å². The van der Waals surface area contributed by atoms with Crippen molar-refractivity contribution >= 4 is 47.4 Å². The van der Waals surface area contributed by atoms with Crippen LogP contribution >= 0.6 is 35.6 Å². The Hall–Kier alpha value is -1.43. The minimum Gasteiger partial charge on any atom is -0.478 e. The lowest BCUT2D eigenvalue weighted by Gasteiger charge is -2.28. The largest absolute Gasteiger partial charge is 0.478 e. The molecular weight excluding hydrogens is 312 g/mol. The summed E-state index contributed by atoms with van der Waals surface area (Å²) in [5, 5.41) is 10.6. The number of carbonyl (C=O) groups is 1. The van der Waals surface area contributed by atoms with Crippen LogP contribution in [-0.4, -0.2) is 16.9 Å². The molecule has 8 heteroatoms. The van der Waals surface area contributed by atoms with Crippen LogP contribution in [0.2, 0.25) is 0 Å². The summed E-state index contributed by atoms with van der Waals surface area (Å²) >= 11 is 12.0. The highest BCUT2D eigenvalue weighted by Crippen LogP contribution is 2.33. The molecule has 1 aromatic rings. The van der Waals surface area contributed by atoms with Crippen LogP contribution in [0, 0.1) is 0 Å². The summed E-state index contributed by atoms with van der Waals surface area (Å²) in [7, 11) is 0. The molecule has 0 saturated carbocycles. The van der Waals surface area contributed by atoms with Crippen molar-refractivity contribution in [2.75, 3.05) is 0 Å². The molecule has 1 atom stereocenters. The summed E-state index contributed by atoms with van der Waals surface area (Å²) in [6, 6.07) is 6.27. The van der Waals surface area contributed by atoms with E-state index in [1.54, 1.807) is 18.2 Å². The van der Waals surface area contributed by atoms with E-state index in [2.05, 4.69) is 10.3 Å². The molecule has 1 aliphatic rings. The minimum absolute atomic E-state index is 0. The first kappa shape index (κ1) is 15.6. The summed E-state index contributed by atoms with van der Waals surface area (Å²) in [4.78, 5) is 15.1. The smallest absolute Gasteiger partial charge is 0.336 e. The SMILES string of the molecule is Cl.NC1=NC(Cl)(c2ccccc2C(=O)O)NC=C1Cl. The number of nitrogens with zero attached hydrogens (tertiary/aromatic N) is 1. The Morgan fingerprint density at radius 2 is 2.05 bits per heavy atom. The second kappa shape index (κ2) is 5.69. The number of carboxylic acids is 1. The number of alkyl halides is 1. The van der Waals surface area contributed by atoms with Crippen molar-refractivity contribution in [3.8, 4) is 0 Å². The lowest BCUT2D eigenvalue weighted by molar-refractivity contribution is 0.0694. The second-order valence-corrected chi connectivity index (χ2v) is 4.56. The highest BCUT2D eigenvalue weighted by Gasteiger charge is 2.34. The molecule has 4 N–H and O–H groups in total. The molecule has 0 amide bonds. The lowest BCUT2D eigenvalue weighted by atomic mass is 10.0. The van der Waals surface area contributed by atoms with Crippen LogP contribution in [0.15, 0.2) is 40.5 Å². The number of aromatic carboxylic acids is 1. The van der Waals surface area contributed by atoms with Gasteiger partial charge in [-0.15, -0.1) is 12.4 Å². The van der Waals surface area contributed by atoms with Crippen LogP contribution in [0.5, 0.6) is 0 Å². The molecule has 1 unspecified atom stereocenters. The van der Waals surface area contributed by atoms with Gasteiger partial charge in [0.1, 0.15) is 5.84 Å². The number of amidine groups is 1. The number of hydrogen-bond acceptors (Lipinski definition) is 4. The molecule has 0 aromatic heterocycles. The van der Waals surface area contributed by atoms with Crippen LogP contribution in [0.4, 0.5) is 0 Å². The van der Waals surface area contributed by atoms with Gasteiger partial charge in [0.15, 0.2) is 0 Å². The van der Waals surface area contributed by atoms with E-state index in [4.69, 9.17) is 34.0 Å². The highest BCUT2D eigenvalue weighted by atomic mass is 35.5. The molecule has 0 fully saturated rings. The number of halogens is 3. The Bertz CT molecular complexity index is 574. The van der Waals surface area contributed by atoms with Crippen molar-refractivity contribution < 1.29 is 9.90 Å². The molecular formula is C11H10Cl3N3O2. The molecule has 1 aliphatic heterocycles. The minimum atomic E-state index is -1.46. The molecule has 5 nitrogen and oxygen atoms in total. The van der Waals surface area contributed by atoms with Crippen molar-refractivity contribution in [3.05, 3.63) is 46.6 Å². The third-order valence-electron chi connectivity index (χ3n) is 2.42. The van der Waals surface area contributed by atoms with Crippen LogP contribution in [-0.2, 0) is 5.12 Å². The van der Waals surface area contributed by atoms with Gasteiger partial charge in [-0.3, -0.25) is 0 Å². The number of hydrogen-bond donors (Lipinski definition) is 3. The number of benzene rings is 1. The molecule has 0 saturated heterocycles. The average molecular weight is 323 g/mol. The van der Waals surface area contributed by atoms with Gasteiger partial charge in [-0.2, -0.15) is 0 Å². The number of rotatable bonds is 2. The fourth-order valence-electron chi connectivity index (χ4n) is 1.58. The summed E-state index contributed by atoms with van der Waals surface area (Å²) in [6.07, 6.45) is 1.38. The summed E-state index contributed by atoms with van der Waals surface area (Å²) in [5.41, 5.74) is 5.93. The zero-order valence-corrected chi connectivity index (χ0v) is 11.8. The van der Waals surface area contributed by atoms with Gasteiger partial charge in [0.25, 0.3) is 0 Å². The highest BCUT2D eigenvalue weighted by molar-refractivity contribution is 6.43. The quantitative estimate of drug-likeness (QED) is 0.575. The molecule has 0 spiro atoms. The maximum Gasteiger partial charge on any atom is 0.336 e. The lowest BCUT2D eigenvalue weighted by Crippen LogP contribution is -2.39. The van der Waals surface area contributed by atoms with E-state index in [9.17, 15) is 4.79 Å². The zero-order valence-electron chi connectivity index (χ0n) is 9.43. The molecule has 102 valence electrons. The van der Waals surface area contributed by atoms with Crippen LogP contribution in [0.3, 0.4) is 0 Å². The Labute approximate surface area is 125 Å². The summed E-state index contributed by atoms with van der Waals surface area (Å²) in [5.74, 6) is -1.05. The molecule has 0 aliphatic carbocycles. The number of nitrogens with two attached hydrogens (primary N) is 1. The summed E-state index contributed by atoms with van der Waals surface area (Å²) < 4.78 is 0. The molecule has 0 radical (unpaired) electrons. The van der Waals surface area contributed by atoms with Crippen molar-refractivity contribution in [3.63, 3.8) is 0 Å². The number of carboxylic acid groups (broad SMARTS) is 1. The van der Waals surface area contributed by atoms with Gasteiger partial charge in [-0.05, 0) is 6.07 Å². The van der Waals surface area contributed by atoms with E-state index in [1.807, 2.05) is 0 Å². The Morgan fingerprint density at radius 3 is 2.63 bits per heavy atom. The van der Waals surface area contributed by atoms with E-state index < -0.39 is 11.1 Å². The Balaban J connectivity index is 0.00000180. The van der Waals surface area contributed by atoms with Gasteiger partial charge in [0.05, 0.1) is 10.6 Å². The Morgan fingerprint density at radius 1 is 1.42 bits per heavy atom. The van der Waals surface area contributed by atoms with E-state index in [0.29, 0.717) is 5.56 Å². The third-order valence-corrected chi connectivity index (χ3v) is 3.12. The summed E-state index contributed by atoms with van der Waals surface area (Å²) in [6.45, 7) is 0. The monoisotopic (exact) mass is 321 g/mol. The van der Waals surface area contributed by atoms with E-state index in [-0.39, 0.29) is 28.8 Å². The van der Waals surface area contributed by atoms with Gasteiger partial charge in [0.2, 0.25) is 5.12 Å². The van der Waals surface area contributed by atoms with Crippen molar-refractivity contribution in [1.29, 1.82) is 0 Å². The molecule has 19 heavy (non-hydrogen) atoms. The predicted molar refractivity (Wildman–Crippen MR) is 76.9 cm³/mol. The fourth-order valence-corrected chi connectivity index (χ4v) is 1.99. The maximum atomic E-state index is 11.1. The van der Waals surface area contributed by atoms with Gasteiger partial charge in [0, 0.05) is 11.8 Å². The average Bonchev–Trinajstić information content (AvgIpc) is 2.34. The van der Waals surface area contributed by atoms with Gasteiger partial charge < -0.3 is 16.2 Å². The van der Waals surface area contributed by atoms with Crippen molar-refractivity contribution in [2.24, 2.45) is 10.7 Å². The van der Waals surface area contributed by atoms with E-state index in [0.717, 1.165) is 0 Å². The Kier molecular flexibility index (Phi) is 4.68. The maximum absolute atomic E-state index is 11.1. The first-order chi connectivity index (χ1) is 8.44. The van der Waals surface area contributed by atoms with Gasteiger partial charge >= 0.3 is 5.97 Å². The third kappa shape index (κ3) is 2.94. The molecule has 2 rings (SSSR count). The first-order valence-electron chi connectivity index (χ1n) is 4.95. The van der Waals surface area contributed by atoms with Gasteiger partial charge in [-0.25, -0.2) is 9.79 Å². The molecule has 0 bridgehead atoms. The standard InChI is InChI=1S/C11H9Cl2N3O2.ClH/c12-8-5-15-11(13,16-9(8)14)7-4-2-1-3-6(7)10(17)18;/h1-5,15H,(H2,14,16)(H,17,18);1H. The number of aliphatic imine (C=N–C) groups is 1. The molecule has 1 aromatic carbocycles.